The van der Waals surface area contributed by atoms with E-state index in [2.05, 4.69) is 32.6 Å². The Bertz CT molecular complexity index is 191. The van der Waals surface area contributed by atoms with Crippen LogP contribution in [0.5, 0.6) is 0 Å². The molecule has 2 aliphatic heterocycles. The smallest absolute Gasteiger partial charge is 0.233 e. The topological polar surface area (TPSA) is 21.7 Å². The Kier molecular flexibility index (Phi) is 2.13. The molecule has 0 spiro atoms. The fraction of sp³-hybridized carbons (Fsp3) is 1.00. The Hall–Kier alpha value is -0.120. The fourth-order valence-electron chi connectivity index (χ4n) is 2.41. The second kappa shape index (κ2) is 2.94. The molecule has 76 valence electrons. The van der Waals surface area contributed by atoms with Crippen LogP contribution >= 0.6 is 0 Å². The van der Waals surface area contributed by atoms with E-state index in [0.717, 1.165) is 13.1 Å². The summed E-state index contributed by atoms with van der Waals surface area (Å²) in [7, 11) is 0. The highest BCUT2D eigenvalue weighted by molar-refractivity contribution is 4.91. The lowest BCUT2D eigenvalue weighted by atomic mass is 10.1. The van der Waals surface area contributed by atoms with Gasteiger partial charge in [-0.1, -0.05) is 13.8 Å². The first-order valence-corrected chi connectivity index (χ1v) is 5.15. The molecule has 2 atom stereocenters. The third-order valence-electron chi connectivity index (χ3n) is 2.87. The van der Waals surface area contributed by atoms with Crippen LogP contribution in [0, 0.1) is 5.92 Å². The summed E-state index contributed by atoms with van der Waals surface area (Å²) in [5.74, 6) is -0.0267. The normalized spacial score (nSPS) is 45.9. The van der Waals surface area contributed by atoms with Crippen LogP contribution < -0.4 is 0 Å². The van der Waals surface area contributed by atoms with E-state index < -0.39 is 5.91 Å². The summed E-state index contributed by atoms with van der Waals surface area (Å²) >= 11 is 0. The van der Waals surface area contributed by atoms with E-state index in [1.165, 1.54) is 0 Å². The largest absolute Gasteiger partial charge is 0.333 e. The molecule has 0 amide bonds. The van der Waals surface area contributed by atoms with E-state index in [-0.39, 0.29) is 0 Å². The van der Waals surface area contributed by atoms with Crippen LogP contribution in [0.15, 0.2) is 0 Å². The number of rotatable bonds is 1. The quantitative estimate of drug-likeness (QED) is 0.617. The van der Waals surface area contributed by atoms with Gasteiger partial charge in [-0.3, -0.25) is 0 Å². The van der Waals surface area contributed by atoms with Crippen LogP contribution in [-0.4, -0.2) is 36.1 Å². The van der Waals surface area contributed by atoms with Crippen molar-refractivity contribution in [2.45, 2.75) is 45.8 Å². The van der Waals surface area contributed by atoms with Gasteiger partial charge < -0.3 is 9.47 Å². The summed E-state index contributed by atoms with van der Waals surface area (Å²) < 4.78 is 11.8. The van der Waals surface area contributed by atoms with Crippen molar-refractivity contribution in [3.63, 3.8) is 0 Å². The molecule has 2 unspecified atom stereocenters. The first-order chi connectivity index (χ1) is 6.04. The molecule has 0 aliphatic carbocycles. The molecule has 2 rings (SSSR count). The molecule has 0 radical (unpaired) electrons. The molecule has 0 aromatic rings. The van der Waals surface area contributed by atoms with Crippen molar-refractivity contribution in [1.82, 2.24) is 4.90 Å². The molecule has 3 heteroatoms. The van der Waals surface area contributed by atoms with E-state index in [4.69, 9.17) is 9.47 Å². The maximum absolute atomic E-state index is 5.91. The van der Waals surface area contributed by atoms with Gasteiger partial charge in [-0.2, -0.15) is 0 Å². The highest BCUT2D eigenvalue weighted by atomic mass is 16.7. The Labute approximate surface area is 80.0 Å². The maximum atomic E-state index is 5.91. The molecule has 3 nitrogen and oxygen atoms in total. The van der Waals surface area contributed by atoms with E-state index in [1.807, 2.05) is 0 Å². The lowest BCUT2D eigenvalue weighted by molar-refractivity contribution is -0.278. The predicted octanol–water partition coefficient (Wildman–Crippen LogP) is 1.44. The van der Waals surface area contributed by atoms with Crippen molar-refractivity contribution in [2.24, 2.45) is 5.92 Å². The zero-order valence-corrected chi connectivity index (χ0v) is 8.91. The van der Waals surface area contributed by atoms with Crippen LogP contribution in [-0.2, 0) is 9.47 Å². The zero-order valence-electron chi connectivity index (χ0n) is 8.91. The molecular formula is C10H19NO2. The van der Waals surface area contributed by atoms with Gasteiger partial charge in [0, 0.05) is 19.0 Å². The summed E-state index contributed by atoms with van der Waals surface area (Å²) in [5, 5.41) is 0. The first kappa shape index (κ1) is 9.44. The highest BCUT2D eigenvalue weighted by Gasteiger charge is 2.54. The zero-order chi connectivity index (χ0) is 9.64. The first-order valence-electron chi connectivity index (χ1n) is 5.15. The lowest BCUT2D eigenvalue weighted by Crippen LogP contribution is -2.45. The minimum atomic E-state index is -0.418. The van der Waals surface area contributed by atoms with Crippen LogP contribution in [0.1, 0.15) is 27.7 Å². The molecule has 0 aromatic heterocycles. The van der Waals surface area contributed by atoms with E-state index in [9.17, 15) is 0 Å². The Morgan fingerprint density at radius 3 is 1.92 bits per heavy atom. The van der Waals surface area contributed by atoms with Crippen molar-refractivity contribution in [1.29, 1.82) is 0 Å². The monoisotopic (exact) mass is 185 g/mol. The average molecular weight is 185 g/mol. The number of hydrogen-bond donors (Lipinski definition) is 0. The number of fused-ring (bicyclic) bond motifs is 1. The minimum absolute atomic E-state index is 0.301. The van der Waals surface area contributed by atoms with Gasteiger partial charge in [-0.25, -0.2) is 4.90 Å². The molecular weight excluding hydrogens is 166 g/mol. The standard InChI is InChI=1S/C10H19NO2/c1-7(2)10-11(5-8(3)12-10)6-9(4)13-10/h7-9H,5-6H2,1-4H3. The maximum Gasteiger partial charge on any atom is 0.233 e. The van der Waals surface area contributed by atoms with Gasteiger partial charge in [0.05, 0.1) is 12.2 Å². The molecule has 2 saturated heterocycles. The van der Waals surface area contributed by atoms with Gasteiger partial charge in [0.15, 0.2) is 0 Å². The van der Waals surface area contributed by atoms with E-state index >= 15 is 0 Å². The van der Waals surface area contributed by atoms with Crippen molar-refractivity contribution >= 4 is 0 Å². The van der Waals surface area contributed by atoms with Crippen molar-refractivity contribution in [3.8, 4) is 0 Å². The molecule has 2 fully saturated rings. The van der Waals surface area contributed by atoms with E-state index in [0.29, 0.717) is 18.1 Å². The van der Waals surface area contributed by atoms with Gasteiger partial charge in [0.25, 0.3) is 0 Å². The van der Waals surface area contributed by atoms with Crippen LogP contribution in [0.2, 0.25) is 0 Å². The SMILES string of the molecule is CC1CN2CC(C)OC2(C(C)C)O1. The molecule has 0 saturated carbocycles. The average Bonchev–Trinajstić information content (AvgIpc) is 2.40. The van der Waals surface area contributed by atoms with E-state index in [1.54, 1.807) is 0 Å². The fourth-order valence-corrected chi connectivity index (χ4v) is 2.41. The van der Waals surface area contributed by atoms with Gasteiger partial charge in [-0.05, 0) is 13.8 Å². The van der Waals surface area contributed by atoms with Crippen molar-refractivity contribution in [3.05, 3.63) is 0 Å². The third kappa shape index (κ3) is 1.30. The number of nitrogens with zero attached hydrogens (tertiary/aromatic N) is 1. The second-order valence-corrected chi connectivity index (χ2v) is 4.55. The third-order valence-corrected chi connectivity index (χ3v) is 2.87. The molecule has 13 heavy (non-hydrogen) atoms. The summed E-state index contributed by atoms with van der Waals surface area (Å²) in [5.41, 5.74) is 0. The molecule has 0 bridgehead atoms. The minimum Gasteiger partial charge on any atom is -0.333 e. The second-order valence-electron chi connectivity index (χ2n) is 4.55. The number of hydrogen-bond acceptors (Lipinski definition) is 3. The van der Waals surface area contributed by atoms with Crippen LogP contribution in [0.4, 0.5) is 0 Å². The van der Waals surface area contributed by atoms with Gasteiger partial charge >= 0.3 is 0 Å². The van der Waals surface area contributed by atoms with Gasteiger partial charge in [-0.15, -0.1) is 0 Å². The Balaban J connectivity index is 2.21. The van der Waals surface area contributed by atoms with Gasteiger partial charge in [0.2, 0.25) is 5.91 Å². The summed E-state index contributed by atoms with van der Waals surface area (Å²) in [6.45, 7) is 10.5. The Morgan fingerprint density at radius 1 is 1.15 bits per heavy atom. The Morgan fingerprint density at radius 2 is 1.62 bits per heavy atom. The molecule has 2 heterocycles. The molecule has 0 N–H and O–H groups in total. The molecule has 0 aromatic carbocycles. The molecule has 2 aliphatic rings. The summed E-state index contributed by atoms with van der Waals surface area (Å²) in [6.07, 6.45) is 0.602. The summed E-state index contributed by atoms with van der Waals surface area (Å²) in [4.78, 5) is 2.33. The predicted molar refractivity (Wildman–Crippen MR) is 50.2 cm³/mol. The number of ether oxygens (including phenoxy) is 2. The van der Waals surface area contributed by atoms with Crippen LogP contribution in [0.3, 0.4) is 0 Å². The van der Waals surface area contributed by atoms with Gasteiger partial charge in [0.1, 0.15) is 0 Å². The lowest BCUT2D eigenvalue weighted by Gasteiger charge is -2.33. The van der Waals surface area contributed by atoms with Crippen molar-refractivity contribution < 1.29 is 9.47 Å². The highest BCUT2D eigenvalue weighted by Crippen LogP contribution is 2.40. The van der Waals surface area contributed by atoms with Crippen molar-refractivity contribution in [2.75, 3.05) is 13.1 Å². The van der Waals surface area contributed by atoms with Crippen LogP contribution in [0.25, 0.3) is 0 Å². The summed E-state index contributed by atoms with van der Waals surface area (Å²) in [6, 6.07) is 0.